The third kappa shape index (κ3) is 2.40. The molecule has 20 heavy (non-hydrogen) atoms. The maximum atomic E-state index is 11.5. The minimum absolute atomic E-state index is 0.108. The first-order valence-electron chi connectivity index (χ1n) is 6.09. The molecule has 0 N–H and O–H groups in total. The fourth-order valence-corrected chi connectivity index (χ4v) is 3.12. The predicted molar refractivity (Wildman–Crippen MR) is 82.4 cm³/mol. The van der Waals surface area contributed by atoms with E-state index >= 15 is 0 Å². The number of halogens is 1. The Morgan fingerprint density at radius 3 is 2.55 bits per heavy atom. The third-order valence-corrected chi connectivity index (χ3v) is 4.10. The summed E-state index contributed by atoms with van der Waals surface area (Å²) in [6.45, 7) is 0. The second-order valence-corrected chi connectivity index (χ2v) is 5.44. The zero-order valence-corrected chi connectivity index (χ0v) is 12.1. The number of aromatic nitrogens is 1. The number of carbonyl (C=O) groups is 1. The van der Waals surface area contributed by atoms with E-state index in [1.807, 2.05) is 59.2 Å². The van der Waals surface area contributed by atoms with E-state index in [4.69, 9.17) is 11.6 Å². The molecular weight excluding hydrogens is 292 g/mol. The summed E-state index contributed by atoms with van der Waals surface area (Å²) in [7, 11) is 0. The normalized spacial score (nSPS) is 11.9. The van der Waals surface area contributed by atoms with Crippen molar-refractivity contribution < 1.29 is 4.79 Å². The van der Waals surface area contributed by atoms with E-state index in [9.17, 15) is 4.79 Å². The van der Waals surface area contributed by atoms with Gasteiger partial charge in [-0.3, -0.25) is 9.36 Å². The summed E-state index contributed by atoms with van der Waals surface area (Å²) in [5.74, 6) is -0.439. The van der Waals surface area contributed by atoms with Crippen LogP contribution < -0.4 is 4.80 Å². The van der Waals surface area contributed by atoms with Crippen molar-refractivity contribution in [3.8, 4) is 5.69 Å². The Balaban J connectivity index is 2.35. The van der Waals surface area contributed by atoms with Crippen molar-refractivity contribution in [2.75, 3.05) is 5.88 Å². The van der Waals surface area contributed by atoms with E-state index in [-0.39, 0.29) is 11.8 Å². The summed E-state index contributed by atoms with van der Waals surface area (Å²) in [5.41, 5.74) is 2.01. The van der Waals surface area contributed by atoms with Crippen LogP contribution in [-0.4, -0.2) is 16.4 Å². The summed E-state index contributed by atoms with van der Waals surface area (Å²) in [5, 5.41) is 0. The molecule has 100 valence electrons. The Morgan fingerprint density at radius 1 is 1.10 bits per heavy atom. The number of hydrogen-bond donors (Lipinski definition) is 0. The van der Waals surface area contributed by atoms with Gasteiger partial charge in [0.05, 0.1) is 10.2 Å². The number of benzene rings is 2. The predicted octanol–water partition coefficient (Wildman–Crippen LogP) is 3.36. The number of hydrogen-bond acceptors (Lipinski definition) is 2. The first-order valence-corrected chi connectivity index (χ1v) is 7.44. The van der Waals surface area contributed by atoms with Crippen LogP contribution >= 0.6 is 22.9 Å². The lowest BCUT2D eigenvalue weighted by atomic mass is 10.3. The fraction of sp³-hybridized carbons (Fsp3) is 0.0667. The number of rotatable bonds is 2. The molecule has 0 aliphatic heterocycles. The van der Waals surface area contributed by atoms with Crippen LogP contribution in [0.3, 0.4) is 0 Å². The number of fused-ring (bicyclic) bond motifs is 1. The monoisotopic (exact) mass is 302 g/mol. The van der Waals surface area contributed by atoms with Crippen LogP contribution in [0.1, 0.15) is 0 Å². The van der Waals surface area contributed by atoms with Crippen molar-refractivity contribution in [3.63, 3.8) is 0 Å². The number of nitrogens with zero attached hydrogens (tertiary/aromatic N) is 2. The van der Waals surface area contributed by atoms with Crippen molar-refractivity contribution in [2.45, 2.75) is 0 Å². The van der Waals surface area contributed by atoms with E-state index in [2.05, 4.69) is 4.99 Å². The molecule has 3 nitrogen and oxygen atoms in total. The molecule has 5 heteroatoms. The van der Waals surface area contributed by atoms with E-state index in [0.717, 1.165) is 15.9 Å². The van der Waals surface area contributed by atoms with Crippen molar-refractivity contribution in [1.29, 1.82) is 0 Å². The number of thiazole rings is 1. The molecule has 0 atom stereocenters. The molecule has 0 aliphatic rings. The lowest BCUT2D eigenvalue weighted by molar-refractivity contribution is -0.115. The van der Waals surface area contributed by atoms with Crippen LogP contribution in [0.5, 0.6) is 0 Å². The van der Waals surface area contributed by atoms with Gasteiger partial charge in [-0.05, 0) is 24.3 Å². The maximum absolute atomic E-state index is 11.5. The van der Waals surface area contributed by atoms with Crippen molar-refractivity contribution in [1.82, 2.24) is 4.57 Å². The molecule has 0 fully saturated rings. The molecular formula is C15H11ClN2OS. The lowest BCUT2D eigenvalue weighted by Crippen LogP contribution is -2.15. The highest BCUT2D eigenvalue weighted by molar-refractivity contribution is 7.16. The molecule has 1 amide bonds. The Labute approximate surface area is 124 Å². The average Bonchev–Trinajstić information content (AvgIpc) is 2.85. The molecule has 0 unspecified atom stereocenters. The summed E-state index contributed by atoms with van der Waals surface area (Å²) in [6, 6.07) is 17.8. The zero-order chi connectivity index (χ0) is 13.9. The molecule has 0 aliphatic carbocycles. The molecule has 0 saturated carbocycles. The Hall–Kier alpha value is -1.91. The van der Waals surface area contributed by atoms with Crippen LogP contribution in [0.2, 0.25) is 0 Å². The van der Waals surface area contributed by atoms with E-state index in [0.29, 0.717) is 4.80 Å². The van der Waals surface area contributed by atoms with Crippen LogP contribution in [0.4, 0.5) is 0 Å². The number of alkyl halides is 1. The highest BCUT2D eigenvalue weighted by Gasteiger charge is 2.08. The van der Waals surface area contributed by atoms with Gasteiger partial charge in [0.15, 0.2) is 4.80 Å². The van der Waals surface area contributed by atoms with Gasteiger partial charge in [0.2, 0.25) is 0 Å². The van der Waals surface area contributed by atoms with Crippen LogP contribution in [-0.2, 0) is 4.79 Å². The lowest BCUT2D eigenvalue weighted by Gasteiger charge is -2.04. The average molecular weight is 303 g/mol. The molecule has 0 saturated heterocycles. The highest BCUT2D eigenvalue weighted by Crippen LogP contribution is 2.20. The number of para-hydroxylation sites is 2. The summed E-state index contributed by atoms with van der Waals surface area (Å²) in [4.78, 5) is 16.3. The van der Waals surface area contributed by atoms with Crippen molar-refractivity contribution in [2.24, 2.45) is 4.99 Å². The van der Waals surface area contributed by atoms with Gasteiger partial charge >= 0.3 is 0 Å². The van der Waals surface area contributed by atoms with E-state index < -0.39 is 0 Å². The van der Waals surface area contributed by atoms with Crippen LogP contribution in [0.15, 0.2) is 59.6 Å². The van der Waals surface area contributed by atoms with Gasteiger partial charge in [-0.2, -0.15) is 4.99 Å². The van der Waals surface area contributed by atoms with Gasteiger partial charge in [0.1, 0.15) is 5.88 Å². The van der Waals surface area contributed by atoms with E-state index in [1.165, 1.54) is 11.3 Å². The fourth-order valence-electron chi connectivity index (χ4n) is 2.01. The Bertz CT molecular complexity index is 821. The zero-order valence-electron chi connectivity index (χ0n) is 10.5. The maximum Gasteiger partial charge on any atom is 0.263 e. The first kappa shape index (κ1) is 13.1. The summed E-state index contributed by atoms with van der Waals surface area (Å²) < 4.78 is 3.06. The third-order valence-electron chi connectivity index (χ3n) is 2.85. The van der Waals surface area contributed by atoms with Gasteiger partial charge in [0, 0.05) is 5.69 Å². The molecule has 0 radical (unpaired) electrons. The number of carbonyl (C=O) groups excluding carboxylic acids is 1. The van der Waals surface area contributed by atoms with Gasteiger partial charge in [-0.1, -0.05) is 41.7 Å². The minimum atomic E-state index is -0.331. The molecule has 1 aromatic heterocycles. The molecule has 1 heterocycles. The largest absolute Gasteiger partial charge is 0.285 e. The second kappa shape index (κ2) is 5.61. The van der Waals surface area contributed by atoms with Gasteiger partial charge in [-0.25, -0.2) is 0 Å². The van der Waals surface area contributed by atoms with Crippen molar-refractivity contribution in [3.05, 3.63) is 59.4 Å². The van der Waals surface area contributed by atoms with Crippen LogP contribution in [0, 0.1) is 0 Å². The number of amides is 1. The smallest absolute Gasteiger partial charge is 0.263 e. The summed E-state index contributed by atoms with van der Waals surface area (Å²) >= 11 is 7.03. The second-order valence-electron chi connectivity index (χ2n) is 4.16. The van der Waals surface area contributed by atoms with E-state index in [1.54, 1.807) is 0 Å². The minimum Gasteiger partial charge on any atom is -0.285 e. The quantitative estimate of drug-likeness (QED) is 0.668. The van der Waals surface area contributed by atoms with Gasteiger partial charge in [0.25, 0.3) is 5.91 Å². The standard InChI is InChI=1S/C15H11ClN2OS/c16-10-14(19)17-15-18(11-6-2-1-3-7-11)12-8-4-5-9-13(12)20-15/h1-9H,10H2. The summed E-state index contributed by atoms with van der Waals surface area (Å²) in [6.07, 6.45) is 0. The Morgan fingerprint density at radius 2 is 1.80 bits per heavy atom. The molecule has 3 aromatic rings. The van der Waals surface area contributed by atoms with Crippen LogP contribution in [0.25, 0.3) is 15.9 Å². The molecule has 0 bridgehead atoms. The van der Waals surface area contributed by atoms with Gasteiger partial charge < -0.3 is 0 Å². The van der Waals surface area contributed by atoms with Gasteiger partial charge in [-0.15, -0.1) is 11.6 Å². The first-order chi connectivity index (χ1) is 9.79. The molecule has 3 rings (SSSR count). The topological polar surface area (TPSA) is 34.4 Å². The SMILES string of the molecule is O=C(CCl)N=c1sc2ccccc2n1-c1ccccc1. The molecule has 2 aromatic carbocycles. The van der Waals surface area contributed by atoms with Crippen molar-refractivity contribution >= 4 is 39.1 Å². The molecule has 0 spiro atoms. The highest BCUT2D eigenvalue weighted by atomic mass is 35.5. The Kier molecular flexibility index (Phi) is 3.67.